The summed E-state index contributed by atoms with van der Waals surface area (Å²) in [6, 6.07) is 16.8. The van der Waals surface area contributed by atoms with Crippen molar-refractivity contribution in [3.8, 4) is 23.2 Å². The molecule has 1 aliphatic rings. The number of unbranched alkanes of at least 4 members (excludes halogenated alkanes) is 1. The largest absolute Gasteiger partial charge is 0.447 e. The van der Waals surface area contributed by atoms with E-state index in [1.54, 1.807) is 30.0 Å². The minimum Gasteiger partial charge on any atom is -0.447 e. The minimum absolute atomic E-state index is 0.131. The number of hydrogen-bond acceptors (Lipinski definition) is 7. The van der Waals surface area contributed by atoms with Crippen LogP contribution in [-0.2, 0) is 4.79 Å². The van der Waals surface area contributed by atoms with Gasteiger partial charge < -0.3 is 4.74 Å². The van der Waals surface area contributed by atoms with Crippen molar-refractivity contribution in [2.45, 2.75) is 44.5 Å². The number of ether oxygens (including phenoxy) is 1. The molecule has 32 heavy (non-hydrogen) atoms. The highest BCUT2D eigenvalue weighted by Gasteiger charge is 2.36. The third-order valence-electron chi connectivity index (χ3n) is 5.16. The van der Waals surface area contributed by atoms with Crippen LogP contribution < -0.4 is 9.64 Å². The van der Waals surface area contributed by atoms with Gasteiger partial charge in [0, 0.05) is 23.3 Å². The summed E-state index contributed by atoms with van der Waals surface area (Å²) in [5.74, 6) is 1.05. The highest BCUT2D eigenvalue weighted by Crippen LogP contribution is 2.44. The molecule has 0 saturated carbocycles. The molecule has 1 aliphatic heterocycles. The van der Waals surface area contributed by atoms with Crippen LogP contribution in [-0.4, -0.2) is 26.8 Å². The molecule has 3 aromatic rings. The number of para-hydroxylation sites is 1. The topological polar surface area (TPSA) is 92.0 Å². The molecule has 0 N–H and O–H groups in total. The van der Waals surface area contributed by atoms with Gasteiger partial charge in [0.2, 0.25) is 23.2 Å². The smallest absolute Gasteiger partial charge is 0.247 e. The number of nitriles is 1. The van der Waals surface area contributed by atoms with Crippen LogP contribution in [0.5, 0.6) is 5.88 Å². The molecule has 1 amide bonds. The van der Waals surface area contributed by atoms with E-state index in [-0.39, 0.29) is 12.3 Å². The second-order valence-corrected chi connectivity index (χ2v) is 8.32. The molecular formula is C24H23N5O2S. The zero-order valence-corrected chi connectivity index (χ0v) is 18.8. The van der Waals surface area contributed by atoms with Crippen molar-refractivity contribution in [3.63, 3.8) is 0 Å². The number of thioether (sulfide) groups is 1. The zero-order valence-electron chi connectivity index (χ0n) is 18.0. The number of aromatic nitrogens is 3. The predicted molar refractivity (Wildman–Crippen MR) is 123 cm³/mol. The average Bonchev–Trinajstić information content (AvgIpc) is 2.98. The Morgan fingerprint density at radius 2 is 1.94 bits per heavy atom. The van der Waals surface area contributed by atoms with Gasteiger partial charge in [-0.1, -0.05) is 68.4 Å². The van der Waals surface area contributed by atoms with Gasteiger partial charge in [0.05, 0.1) is 17.3 Å². The molecule has 0 radical (unpaired) electrons. The Kier molecular flexibility index (Phi) is 6.66. The number of nitrogens with zero attached hydrogens (tertiary/aromatic N) is 5. The molecule has 0 aliphatic carbocycles. The molecule has 0 spiro atoms. The van der Waals surface area contributed by atoms with Gasteiger partial charge in [-0.2, -0.15) is 10.2 Å². The summed E-state index contributed by atoms with van der Waals surface area (Å²) < 4.78 is 6.38. The second-order valence-electron chi connectivity index (χ2n) is 7.25. The molecule has 7 nitrogen and oxygen atoms in total. The summed E-state index contributed by atoms with van der Waals surface area (Å²) in [6.07, 6.45) is 1.55. The van der Waals surface area contributed by atoms with Crippen LogP contribution in [0.1, 0.15) is 50.5 Å². The van der Waals surface area contributed by atoms with Gasteiger partial charge in [-0.25, -0.2) is 0 Å². The molecule has 8 heteroatoms. The van der Waals surface area contributed by atoms with Crippen LogP contribution >= 0.6 is 11.8 Å². The lowest BCUT2D eigenvalue weighted by Gasteiger charge is -2.31. The normalized spacial score (nSPS) is 14.5. The lowest BCUT2D eigenvalue weighted by atomic mass is 10.0. The van der Waals surface area contributed by atoms with Gasteiger partial charge in [-0.05, 0) is 18.6 Å². The standard InChI is InChI=1S/C24H23N5O2S/c1-3-5-14-32-24-26-22-21(27-28-24)18-12-8-9-13-19(18)29(20(30)4-2)23(31-22)17-11-7-6-10-16(17)15-25/h6-13,23H,3-5,14H2,1-2H3/t23-/m0/s1. The van der Waals surface area contributed by atoms with Crippen molar-refractivity contribution < 1.29 is 9.53 Å². The van der Waals surface area contributed by atoms with Crippen LogP contribution in [0.25, 0.3) is 11.3 Å². The average molecular weight is 446 g/mol. The Morgan fingerprint density at radius 1 is 1.16 bits per heavy atom. The van der Waals surface area contributed by atoms with E-state index in [2.05, 4.69) is 28.2 Å². The van der Waals surface area contributed by atoms with E-state index in [4.69, 9.17) is 4.74 Å². The van der Waals surface area contributed by atoms with Crippen molar-refractivity contribution in [2.75, 3.05) is 10.7 Å². The molecule has 4 rings (SSSR count). The molecule has 0 saturated heterocycles. The molecular weight excluding hydrogens is 422 g/mol. The maximum atomic E-state index is 13.2. The summed E-state index contributed by atoms with van der Waals surface area (Å²) in [5.41, 5.74) is 2.88. The fourth-order valence-corrected chi connectivity index (χ4v) is 4.40. The first-order valence-electron chi connectivity index (χ1n) is 10.6. The van der Waals surface area contributed by atoms with Crippen molar-refractivity contribution in [1.82, 2.24) is 15.2 Å². The number of anilines is 1. The lowest BCUT2D eigenvalue weighted by Crippen LogP contribution is -2.37. The van der Waals surface area contributed by atoms with Gasteiger partial charge in [0.15, 0.2) is 5.69 Å². The van der Waals surface area contributed by atoms with Crippen LogP contribution in [0.2, 0.25) is 0 Å². The summed E-state index contributed by atoms with van der Waals surface area (Å²) in [4.78, 5) is 19.4. The van der Waals surface area contributed by atoms with Gasteiger partial charge in [-0.3, -0.25) is 9.69 Å². The molecule has 2 aromatic carbocycles. The molecule has 1 atom stereocenters. The van der Waals surface area contributed by atoms with E-state index in [0.29, 0.717) is 39.1 Å². The Balaban J connectivity index is 1.90. The summed E-state index contributed by atoms with van der Waals surface area (Å²) in [6.45, 7) is 3.93. The summed E-state index contributed by atoms with van der Waals surface area (Å²) in [7, 11) is 0. The second kappa shape index (κ2) is 9.79. The quantitative estimate of drug-likeness (QED) is 0.383. The molecule has 0 fully saturated rings. The first kappa shape index (κ1) is 21.8. The highest BCUT2D eigenvalue weighted by molar-refractivity contribution is 7.99. The number of benzene rings is 2. The zero-order chi connectivity index (χ0) is 22.5. The maximum Gasteiger partial charge on any atom is 0.247 e. The number of amides is 1. The SMILES string of the molecule is CCCCSc1nnc2c(n1)O[C@@H](c1ccccc1C#N)N(C(=O)CC)c1ccccc1-2. The van der Waals surface area contributed by atoms with Crippen LogP contribution in [0, 0.1) is 11.3 Å². The first-order chi connectivity index (χ1) is 15.7. The van der Waals surface area contributed by atoms with E-state index in [0.717, 1.165) is 18.6 Å². The van der Waals surface area contributed by atoms with Gasteiger partial charge in [0.25, 0.3) is 0 Å². The third kappa shape index (κ3) is 4.16. The predicted octanol–water partition coefficient (Wildman–Crippen LogP) is 5.14. The van der Waals surface area contributed by atoms with E-state index in [1.807, 2.05) is 30.3 Å². The number of fused-ring (bicyclic) bond motifs is 3. The number of hydrogen-bond donors (Lipinski definition) is 0. The third-order valence-corrected chi connectivity index (χ3v) is 6.08. The highest BCUT2D eigenvalue weighted by atomic mass is 32.2. The monoisotopic (exact) mass is 445 g/mol. The number of carbonyl (C=O) groups excluding carboxylic acids is 1. The van der Waals surface area contributed by atoms with Crippen LogP contribution in [0.4, 0.5) is 5.69 Å². The van der Waals surface area contributed by atoms with Crippen LogP contribution in [0.3, 0.4) is 0 Å². The Bertz CT molecular complexity index is 1180. The van der Waals surface area contributed by atoms with Crippen molar-refractivity contribution in [3.05, 3.63) is 59.7 Å². The molecule has 1 aromatic heterocycles. The summed E-state index contributed by atoms with van der Waals surface area (Å²) in [5, 5.41) is 19.0. The van der Waals surface area contributed by atoms with E-state index < -0.39 is 6.23 Å². The van der Waals surface area contributed by atoms with Crippen molar-refractivity contribution in [1.29, 1.82) is 5.26 Å². The lowest BCUT2D eigenvalue weighted by molar-refractivity contribution is -0.120. The van der Waals surface area contributed by atoms with E-state index in [9.17, 15) is 10.1 Å². The van der Waals surface area contributed by atoms with E-state index >= 15 is 0 Å². The first-order valence-corrected chi connectivity index (χ1v) is 11.6. The van der Waals surface area contributed by atoms with Gasteiger partial charge >= 0.3 is 0 Å². The molecule has 2 heterocycles. The van der Waals surface area contributed by atoms with Gasteiger partial charge in [0.1, 0.15) is 0 Å². The molecule has 0 unspecified atom stereocenters. The summed E-state index contributed by atoms with van der Waals surface area (Å²) >= 11 is 1.52. The Hall–Kier alpha value is -3.44. The number of carbonyl (C=O) groups is 1. The maximum absolute atomic E-state index is 13.2. The van der Waals surface area contributed by atoms with Crippen molar-refractivity contribution in [2.24, 2.45) is 0 Å². The number of rotatable bonds is 6. The van der Waals surface area contributed by atoms with Gasteiger partial charge in [-0.15, -0.1) is 10.2 Å². The fraction of sp³-hybridized carbons (Fsp3) is 0.292. The fourth-order valence-electron chi connectivity index (χ4n) is 3.54. The van der Waals surface area contributed by atoms with Crippen molar-refractivity contribution >= 4 is 23.4 Å². The molecule has 0 bridgehead atoms. The van der Waals surface area contributed by atoms with E-state index in [1.165, 1.54) is 11.8 Å². The van der Waals surface area contributed by atoms with Crippen LogP contribution in [0.15, 0.2) is 53.7 Å². The minimum atomic E-state index is -0.856. The molecule has 162 valence electrons. The Labute approximate surface area is 191 Å². The Morgan fingerprint density at radius 3 is 2.72 bits per heavy atom.